The fraction of sp³-hybridized carbons (Fsp3) is 0.357. The van der Waals surface area contributed by atoms with Gasteiger partial charge in [-0.1, -0.05) is 32.0 Å². The van der Waals surface area contributed by atoms with Gasteiger partial charge in [0.15, 0.2) is 0 Å². The summed E-state index contributed by atoms with van der Waals surface area (Å²) in [5.74, 6) is -0.295. The van der Waals surface area contributed by atoms with E-state index in [4.69, 9.17) is 4.42 Å². The van der Waals surface area contributed by atoms with Gasteiger partial charge in [0.2, 0.25) is 5.89 Å². The van der Waals surface area contributed by atoms with Crippen LogP contribution in [0.4, 0.5) is 4.39 Å². The second-order valence-electron chi connectivity index (χ2n) is 4.70. The molecule has 0 aliphatic heterocycles. The number of benzene rings is 1. The molecule has 5 nitrogen and oxygen atoms in total. The molecule has 20 heavy (non-hydrogen) atoms. The Balaban J connectivity index is 1.87. The standard InChI is InChI=1S/C14H16FN3O2/c1-9(2)13-17-18-14(20-13)12(19)16-8-7-10-5-3-4-6-11(10)15/h3-6,9H,7-8H2,1-2H3,(H,16,19). The highest BCUT2D eigenvalue weighted by Crippen LogP contribution is 2.11. The Labute approximate surface area is 116 Å². The normalized spacial score (nSPS) is 10.8. The summed E-state index contributed by atoms with van der Waals surface area (Å²) in [5.41, 5.74) is 0.557. The zero-order valence-corrected chi connectivity index (χ0v) is 11.4. The minimum Gasteiger partial charge on any atom is -0.417 e. The molecule has 0 spiro atoms. The molecule has 1 aromatic heterocycles. The summed E-state index contributed by atoms with van der Waals surface area (Å²) in [5, 5.41) is 10.1. The monoisotopic (exact) mass is 277 g/mol. The van der Waals surface area contributed by atoms with Gasteiger partial charge in [0, 0.05) is 12.5 Å². The smallest absolute Gasteiger partial charge is 0.308 e. The van der Waals surface area contributed by atoms with Crippen molar-refractivity contribution in [2.45, 2.75) is 26.2 Å². The molecule has 1 aromatic carbocycles. The number of carbonyl (C=O) groups excluding carboxylic acids is 1. The van der Waals surface area contributed by atoms with E-state index >= 15 is 0 Å². The predicted octanol–water partition coefficient (Wildman–Crippen LogP) is 2.30. The average Bonchev–Trinajstić information content (AvgIpc) is 2.91. The van der Waals surface area contributed by atoms with Crippen molar-refractivity contribution in [2.24, 2.45) is 0 Å². The number of nitrogens with zero attached hydrogens (tertiary/aromatic N) is 2. The lowest BCUT2D eigenvalue weighted by atomic mass is 10.1. The van der Waals surface area contributed by atoms with E-state index in [0.29, 0.717) is 24.4 Å². The first-order valence-corrected chi connectivity index (χ1v) is 6.43. The molecule has 0 bridgehead atoms. The highest BCUT2D eigenvalue weighted by Gasteiger charge is 2.16. The first-order valence-electron chi connectivity index (χ1n) is 6.43. The maximum Gasteiger partial charge on any atom is 0.308 e. The largest absolute Gasteiger partial charge is 0.417 e. The van der Waals surface area contributed by atoms with Crippen LogP contribution in [0, 0.1) is 5.82 Å². The zero-order valence-electron chi connectivity index (χ0n) is 11.4. The van der Waals surface area contributed by atoms with Crippen molar-refractivity contribution in [2.75, 3.05) is 6.54 Å². The van der Waals surface area contributed by atoms with E-state index in [1.807, 2.05) is 13.8 Å². The first kappa shape index (κ1) is 14.2. The minimum absolute atomic E-state index is 0.0674. The molecule has 0 unspecified atom stereocenters. The van der Waals surface area contributed by atoms with Gasteiger partial charge in [-0.2, -0.15) is 0 Å². The van der Waals surface area contributed by atoms with Crippen LogP contribution in [0.3, 0.4) is 0 Å². The van der Waals surface area contributed by atoms with Crippen LogP contribution < -0.4 is 5.32 Å². The molecule has 1 N–H and O–H groups in total. The van der Waals surface area contributed by atoms with Crippen molar-refractivity contribution in [1.82, 2.24) is 15.5 Å². The average molecular weight is 277 g/mol. The Morgan fingerprint density at radius 2 is 2.10 bits per heavy atom. The maximum atomic E-state index is 13.4. The summed E-state index contributed by atoms with van der Waals surface area (Å²) in [6.45, 7) is 4.10. The maximum absolute atomic E-state index is 13.4. The third-order valence-electron chi connectivity index (χ3n) is 2.77. The van der Waals surface area contributed by atoms with Crippen molar-refractivity contribution in [1.29, 1.82) is 0 Å². The van der Waals surface area contributed by atoms with Crippen LogP contribution in [0.25, 0.3) is 0 Å². The second kappa shape index (κ2) is 6.27. The van der Waals surface area contributed by atoms with Crippen LogP contribution in [0.1, 0.15) is 41.9 Å². The van der Waals surface area contributed by atoms with Crippen LogP contribution in [0.5, 0.6) is 0 Å². The number of carbonyl (C=O) groups is 1. The molecular weight excluding hydrogens is 261 g/mol. The van der Waals surface area contributed by atoms with Crippen LogP contribution in [0.15, 0.2) is 28.7 Å². The number of nitrogens with one attached hydrogen (secondary N) is 1. The Kier molecular flexibility index (Phi) is 4.45. The summed E-state index contributed by atoms with van der Waals surface area (Å²) in [6.07, 6.45) is 0.406. The van der Waals surface area contributed by atoms with Gasteiger partial charge in [0.25, 0.3) is 0 Å². The van der Waals surface area contributed by atoms with Crippen molar-refractivity contribution < 1.29 is 13.6 Å². The van der Waals surface area contributed by atoms with Crippen molar-refractivity contribution in [3.63, 3.8) is 0 Å². The predicted molar refractivity (Wildman–Crippen MR) is 70.8 cm³/mol. The highest BCUT2D eigenvalue weighted by atomic mass is 19.1. The topological polar surface area (TPSA) is 68.0 Å². The summed E-state index contributed by atoms with van der Waals surface area (Å²) in [6, 6.07) is 6.46. The van der Waals surface area contributed by atoms with E-state index in [1.165, 1.54) is 6.07 Å². The van der Waals surface area contributed by atoms with E-state index in [0.717, 1.165) is 0 Å². The Hall–Kier alpha value is -2.24. The second-order valence-corrected chi connectivity index (χ2v) is 4.70. The van der Waals surface area contributed by atoms with Crippen molar-refractivity contribution >= 4 is 5.91 Å². The van der Waals surface area contributed by atoms with E-state index in [9.17, 15) is 9.18 Å². The fourth-order valence-electron chi connectivity index (χ4n) is 1.65. The lowest BCUT2D eigenvalue weighted by molar-refractivity contribution is 0.0917. The third-order valence-corrected chi connectivity index (χ3v) is 2.77. The lowest BCUT2D eigenvalue weighted by Crippen LogP contribution is -2.26. The Morgan fingerprint density at radius 3 is 2.75 bits per heavy atom. The quantitative estimate of drug-likeness (QED) is 0.910. The molecule has 0 atom stereocenters. The molecule has 1 heterocycles. The SMILES string of the molecule is CC(C)c1nnc(C(=O)NCCc2ccccc2F)o1. The fourth-order valence-corrected chi connectivity index (χ4v) is 1.65. The molecule has 0 fully saturated rings. The number of halogens is 1. The number of hydrogen-bond acceptors (Lipinski definition) is 4. The summed E-state index contributed by atoms with van der Waals surface area (Å²) in [7, 11) is 0. The van der Waals surface area contributed by atoms with Crippen LogP contribution in [-0.4, -0.2) is 22.6 Å². The number of rotatable bonds is 5. The number of amides is 1. The molecule has 0 saturated carbocycles. The molecule has 1 amide bonds. The van der Waals surface area contributed by atoms with E-state index in [2.05, 4.69) is 15.5 Å². The molecule has 0 saturated heterocycles. The summed E-state index contributed by atoms with van der Waals surface area (Å²) >= 11 is 0. The number of aromatic nitrogens is 2. The van der Waals surface area contributed by atoms with Gasteiger partial charge in [-0.25, -0.2) is 4.39 Å². The third kappa shape index (κ3) is 3.40. The molecule has 0 aliphatic carbocycles. The van der Waals surface area contributed by atoms with Gasteiger partial charge in [0.1, 0.15) is 5.82 Å². The number of hydrogen-bond donors (Lipinski definition) is 1. The van der Waals surface area contributed by atoms with Crippen molar-refractivity contribution in [3.8, 4) is 0 Å². The van der Waals surface area contributed by atoms with Crippen LogP contribution in [-0.2, 0) is 6.42 Å². The Bertz CT molecular complexity index is 596. The molecule has 2 rings (SSSR count). The van der Waals surface area contributed by atoms with Gasteiger partial charge in [0.05, 0.1) is 0 Å². The van der Waals surface area contributed by atoms with Crippen LogP contribution in [0.2, 0.25) is 0 Å². The Morgan fingerprint density at radius 1 is 1.35 bits per heavy atom. The summed E-state index contributed by atoms with van der Waals surface area (Å²) in [4.78, 5) is 11.8. The van der Waals surface area contributed by atoms with Crippen LogP contribution >= 0.6 is 0 Å². The zero-order chi connectivity index (χ0) is 14.5. The van der Waals surface area contributed by atoms with Crippen molar-refractivity contribution in [3.05, 3.63) is 47.4 Å². The van der Waals surface area contributed by atoms with Gasteiger partial charge in [-0.3, -0.25) is 4.79 Å². The summed E-state index contributed by atoms with van der Waals surface area (Å²) < 4.78 is 18.6. The van der Waals surface area contributed by atoms with Gasteiger partial charge in [-0.15, -0.1) is 10.2 Å². The first-order chi connectivity index (χ1) is 9.58. The molecule has 0 aliphatic rings. The van der Waals surface area contributed by atoms with Gasteiger partial charge in [-0.05, 0) is 18.1 Å². The molecule has 6 heteroatoms. The molecular formula is C14H16FN3O2. The minimum atomic E-state index is -0.444. The van der Waals surface area contributed by atoms with E-state index in [1.54, 1.807) is 18.2 Å². The van der Waals surface area contributed by atoms with E-state index in [-0.39, 0.29) is 17.6 Å². The lowest BCUT2D eigenvalue weighted by Gasteiger charge is -2.03. The van der Waals surface area contributed by atoms with Gasteiger partial charge < -0.3 is 9.73 Å². The molecule has 106 valence electrons. The highest BCUT2D eigenvalue weighted by molar-refractivity contribution is 5.89. The van der Waals surface area contributed by atoms with E-state index < -0.39 is 5.91 Å². The molecule has 2 aromatic rings. The van der Waals surface area contributed by atoms with Gasteiger partial charge >= 0.3 is 11.8 Å². The molecule has 0 radical (unpaired) electrons.